The summed E-state index contributed by atoms with van der Waals surface area (Å²) in [5.41, 5.74) is 6.94. The quantitative estimate of drug-likeness (QED) is 0.670. The largest absolute Gasteiger partial charge is 0.372 e. The van der Waals surface area contributed by atoms with E-state index in [9.17, 15) is 0 Å². The molecule has 2 rings (SSSR count). The maximum Gasteiger partial charge on any atom is 0.0991 e. The normalized spacial score (nSPS) is 29.1. The van der Waals surface area contributed by atoms with Crippen molar-refractivity contribution in [2.75, 3.05) is 6.61 Å². The highest BCUT2D eigenvalue weighted by Gasteiger charge is 2.26. The molecular weight excluding hydrogens is 152 g/mol. The Morgan fingerprint density at radius 2 is 2.50 bits per heavy atom. The van der Waals surface area contributed by atoms with Crippen LogP contribution in [0.5, 0.6) is 0 Å². The van der Waals surface area contributed by atoms with Crippen molar-refractivity contribution in [3.63, 3.8) is 0 Å². The van der Waals surface area contributed by atoms with Gasteiger partial charge in [0.15, 0.2) is 0 Å². The van der Waals surface area contributed by atoms with Gasteiger partial charge in [-0.05, 0) is 12.5 Å². The number of nitrogens with zero attached hydrogens (tertiary/aromatic N) is 1. The minimum atomic E-state index is 0.0544. The third-order valence-corrected chi connectivity index (χ3v) is 2.15. The van der Waals surface area contributed by atoms with Gasteiger partial charge in [0.05, 0.1) is 6.10 Å². The number of aromatic nitrogens is 1. The zero-order valence-corrected chi connectivity index (χ0v) is 6.81. The second-order valence-electron chi connectivity index (χ2n) is 3.03. The third-order valence-electron chi connectivity index (χ3n) is 2.15. The molecular formula is C9H12N2O. The van der Waals surface area contributed by atoms with Crippen molar-refractivity contribution in [3.05, 3.63) is 30.1 Å². The topological polar surface area (TPSA) is 48.1 Å². The van der Waals surface area contributed by atoms with Gasteiger partial charge in [0.2, 0.25) is 0 Å². The molecule has 2 heterocycles. The predicted molar refractivity (Wildman–Crippen MR) is 45.5 cm³/mol. The number of pyridine rings is 1. The predicted octanol–water partition coefficient (Wildman–Crippen LogP) is 0.870. The van der Waals surface area contributed by atoms with E-state index in [0.717, 1.165) is 18.6 Å². The molecule has 3 heteroatoms. The number of hydrogen-bond acceptors (Lipinski definition) is 3. The van der Waals surface area contributed by atoms with Crippen LogP contribution in [0, 0.1) is 0 Å². The SMILES string of the molecule is N[C@@H]1CCO[C@H]1c1cccnc1. The van der Waals surface area contributed by atoms with Gasteiger partial charge in [-0.1, -0.05) is 6.07 Å². The minimum Gasteiger partial charge on any atom is -0.372 e. The summed E-state index contributed by atoms with van der Waals surface area (Å²) in [7, 11) is 0. The van der Waals surface area contributed by atoms with E-state index >= 15 is 0 Å². The summed E-state index contributed by atoms with van der Waals surface area (Å²) in [4.78, 5) is 4.03. The van der Waals surface area contributed by atoms with Crippen LogP contribution >= 0.6 is 0 Å². The summed E-state index contributed by atoms with van der Waals surface area (Å²) in [5.74, 6) is 0. The molecule has 0 radical (unpaired) electrons. The van der Waals surface area contributed by atoms with Crippen molar-refractivity contribution in [3.8, 4) is 0 Å². The first-order valence-electron chi connectivity index (χ1n) is 4.15. The van der Waals surface area contributed by atoms with Crippen molar-refractivity contribution in [2.24, 2.45) is 5.73 Å². The summed E-state index contributed by atoms with van der Waals surface area (Å²) < 4.78 is 5.49. The molecule has 0 aromatic carbocycles. The van der Waals surface area contributed by atoms with Crippen LogP contribution in [0.2, 0.25) is 0 Å². The van der Waals surface area contributed by atoms with E-state index in [2.05, 4.69) is 4.98 Å². The lowest BCUT2D eigenvalue weighted by Gasteiger charge is -2.13. The van der Waals surface area contributed by atoms with Crippen LogP contribution in [0.15, 0.2) is 24.5 Å². The van der Waals surface area contributed by atoms with Gasteiger partial charge in [-0.2, -0.15) is 0 Å². The first-order valence-corrected chi connectivity index (χ1v) is 4.15. The van der Waals surface area contributed by atoms with Gasteiger partial charge < -0.3 is 10.5 Å². The van der Waals surface area contributed by atoms with Gasteiger partial charge in [0.25, 0.3) is 0 Å². The fraction of sp³-hybridized carbons (Fsp3) is 0.444. The maximum atomic E-state index is 5.86. The Morgan fingerprint density at radius 3 is 3.08 bits per heavy atom. The Morgan fingerprint density at radius 1 is 1.58 bits per heavy atom. The monoisotopic (exact) mass is 164 g/mol. The average Bonchev–Trinajstić information content (AvgIpc) is 2.53. The van der Waals surface area contributed by atoms with Crippen molar-refractivity contribution in [1.82, 2.24) is 4.98 Å². The lowest BCUT2D eigenvalue weighted by Crippen LogP contribution is -2.23. The number of ether oxygens (including phenoxy) is 1. The second kappa shape index (κ2) is 3.21. The maximum absolute atomic E-state index is 5.86. The average molecular weight is 164 g/mol. The van der Waals surface area contributed by atoms with Crippen molar-refractivity contribution >= 4 is 0 Å². The molecule has 64 valence electrons. The minimum absolute atomic E-state index is 0.0544. The van der Waals surface area contributed by atoms with Crippen molar-refractivity contribution in [1.29, 1.82) is 0 Å². The van der Waals surface area contributed by atoms with E-state index in [1.54, 1.807) is 6.20 Å². The summed E-state index contributed by atoms with van der Waals surface area (Å²) >= 11 is 0. The van der Waals surface area contributed by atoms with E-state index in [4.69, 9.17) is 10.5 Å². The number of rotatable bonds is 1. The Labute approximate surface area is 71.6 Å². The first kappa shape index (κ1) is 7.71. The Bertz CT molecular complexity index is 250. The first-order chi connectivity index (χ1) is 5.88. The smallest absolute Gasteiger partial charge is 0.0991 e. The summed E-state index contributed by atoms with van der Waals surface area (Å²) in [6.07, 6.45) is 4.57. The standard InChI is InChI=1S/C9H12N2O/c10-8-3-5-12-9(8)7-2-1-4-11-6-7/h1-2,4,6,8-9H,3,5,10H2/t8-,9+/m1/s1. The van der Waals surface area contributed by atoms with Crippen LogP contribution in [-0.2, 0) is 4.74 Å². The van der Waals surface area contributed by atoms with E-state index in [1.807, 2.05) is 18.3 Å². The molecule has 1 aromatic rings. The fourth-order valence-corrected chi connectivity index (χ4v) is 1.49. The zero-order chi connectivity index (χ0) is 8.39. The van der Waals surface area contributed by atoms with E-state index in [0.29, 0.717) is 0 Å². The number of nitrogens with two attached hydrogens (primary N) is 1. The Balaban J connectivity index is 2.19. The van der Waals surface area contributed by atoms with E-state index in [-0.39, 0.29) is 12.1 Å². The molecule has 0 unspecified atom stereocenters. The molecule has 0 aliphatic carbocycles. The van der Waals surface area contributed by atoms with E-state index in [1.165, 1.54) is 0 Å². The van der Waals surface area contributed by atoms with Crippen LogP contribution in [0.1, 0.15) is 18.1 Å². The van der Waals surface area contributed by atoms with Gasteiger partial charge in [0.1, 0.15) is 0 Å². The van der Waals surface area contributed by atoms with Crippen molar-refractivity contribution < 1.29 is 4.74 Å². The van der Waals surface area contributed by atoms with Crippen LogP contribution < -0.4 is 5.73 Å². The molecule has 1 aliphatic heterocycles. The molecule has 0 bridgehead atoms. The lowest BCUT2D eigenvalue weighted by atomic mass is 10.1. The highest BCUT2D eigenvalue weighted by atomic mass is 16.5. The fourth-order valence-electron chi connectivity index (χ4n) is 1.49. The van der Waals surface area contributed by atoms with Gasteiger partial charge in [0, 0.05) is 30.6 Å². The van der Waals surface area contributed by atoms with Gasteiger partial charge in [-0.25, -0.2) is 0 Å². The van der Waals surface area contributed by atoms with Crippen LogP contribution in [0.4, 0.5) is 0 Å². The van der Waals surface area contributed by atoms with Crippen LogP contribution in [-0.4, -0.2) is 17.6 Å². The summed E-state index contributed by atoms with van der Waals surface area (Å²) in [6.45, 7) is 0.765. The third kappa shape index (κ3) is 1.33. The van der Waals surface area contributed by atoms with Crippen molar-refractivity contribution in [2.45, 2.75) is 18.6 Å². The van der Waals surface area contributed by atoms with Gasteiger partial charge in [-0.3, -0.25) is 4.98 Å². The van der Waals surface area contributed by atoms with Crippen LogP contribution in [0.25, 0.3) is 0 Å². The second-order valence-corrected chi connectivity index (χ2v) is 3.03. The molecule has 0 spiro atoms. The van der Waals surface area contributed by atoms with Gasteiger partial charge >= 0.3 is 0 Å². The highest BCUT2D eigenvalue weighted by Crippen LogP contribution is 2.26. The zero-order valence-electron chi connectivity index (χ0n) is 6.81. The molecule has 1 aliphatic rings. The summed E-state index contributed by atoms with van der Waals surface area (Å²) in [5, 5.41) is 0. The molecule has 0 saturated carbocycles. The Hall–Kier alpha value is -0.930. The number of hydrogen-bond donors (Lipinski definition) is 1. The van der Waals surface area contributed by atoms with Gasteiger partial charge in [-0.15, -0.1) is 0 Å². The molecule has 1 aromatic heterocycles. The molecule has 1 saturated heterocycles. The van der Waals surface area contributed by atoms with Crippen LogP contribution in [0.3, 0.4) is 0 Å². The Kier molecular flexibility index (Phi) is 2.06. The molecule has 1 fully saturated rings. The molecule has 2 atom stereocenters. The summed E-state index contributed by atoms with van der Waals surface area (Å²) in [6, 6.07) is 4.04. The highest BCUT2D eigenvalue weighted by molar-refractivity contribution is 5.15. The molecule has 12 heavy (non-hydrogen) atoms. The molecule has 2 N–H and O–H groups in total. The van der Waals surface area contributed by atoms with E-state index < -0.39 is 0 Å². The molecule has 0 amide bonds. The lowest BCUT2D eigenvalue weighted by molar-refractivity contribution is 0.105. The molecule has 3 nitrogen and oxygen atoms in total.